The number of likely N-dealkylation sites (tertiary alicyclic amines) is 1. The highest BCUT2D eigenvalue weighted by Crippen LogP contribution is 2.27. The Morgan fingerprint density at radius 2 is 1.96 bits per heavy atom. The molecule has 0 saturated carbocycles. The average Bonchev–Trinajstić information content (AvgIpc) is 3.27. The average molecular weight is 377 g/mol. The van der Waals surface area contributed by atoms with Crippen LogP contribution in [0, 0.1) is 0 Å². The quantitative estimate of drug-likeness (QED) is 0.627. The standard InChI is InChI=1S/C22H27N5O/c1-28-21-9-3-2-8-20(21)22-23-15-18(16-24-22)17-26-12-5-4-7-19(26)10-14-27-13-6-11-25-27/h2-3,6,8-9,11,13,15-16,19H,4-5,7,10,12,14,17H2,1H3/t19-/m1/s1. The minimum atomic E-state index is 0.590. The number of aromatic nitrogens is 4. The van der Waals surface area contributed by atoms with Gasteiger partial charge >= 0.3 is 0 Å². The van der Waals surface area contributed by atoms with Gasteiger partial charge in [-0.3, -0.25) is 9.58 Å². The van der Waals surface area contributed by atoms with E-state index in [1.165, 1.54) is 19.3 Å². The highest BCUT2D eigenvalue weighted by atomic mass is 16.5. The van der Waals surface area contributed by atoms with Gasteiger partial charge in [0.25, 0.3) is 0 Å². The molecule has 146 valence electrons. The van der Waals surface area contributed by atoms with E-state index >= 15 is 0 Å². The number of nitrogens with zero attached hydrogens (tertiary/aromatic N) is 5. The Labute approximate surface area is 166 Å². The molecule has 1 aromatic carbocycles. The van der Waals surface area contributed by atoms with Crippen molar-refractivity contribution in [3.05, 3.63) is 60.7 Å². The molecule has 1 fully saturated rings. The molecule has 1 saturated heterocycles. The van der Waals surface area contributed by atoms with Crippen molar-refractivity contribution in [3.8, 4) is 17.1 Å². The number of benzene rings is 1. The number of methoxy groups -OCH3 is 1. The molecule has 2 aromatic heterocycles. The molecule has 6 heteroatoms. The summed E-state index contributed by atoms with van der Waals surface area (Å²) in [5.74, 6) is 1.50. The SMILES string of the molecule is COc1ccccc1-c1ncc(CN2CCCC[C@@H]2CCn2cccn2)cn1. The zero-order valence-corrected chi connectivity index (χ0v) is 16.4. The van der Waals surface area contributed by atoms with E-state index in [1.54, 1.807) is 7.11 Å². The number of rotatable bonds is 7. The molecule has 0 unspecified atom stereocenters. The zero-order chi connectivity index (χ0) is 19.2. The summed E-state index contributed by atoms with van der Waals surface area (Å²) in [5.41, 5.74) is 2.08. The summed E-state index contributed by atoms with van der Waals surface area (Å²) in [7, 11) is 1.67. The van der Waals surface area contributed by atoms with Crippen LogP contribution in [0.1, 0.15) is 31.2 Å². The summed E-state index contributed by atoms with van der Waals surface area (Å²) in [6.45, 7) is 3.01. The van der Waals surface area contributed by atoms with Crippen LogP contribution >= 0.6 is 0 Å². The molecule has 0 aliphatic carbocycles. The largest absolute Gasteiger partial charge is 0.496 e. The molecule has 0 radical (unpaired) electrons. The smallest absolute Gasteiger partial charge is 0.162 e. The third-order valence-corrected chi connectivity index (χ3v) is 5.44. The zero-order valence-electron chi connectivity index (χ0n) is 16.4. The lowest BCUT2D eigenvalue weighted by molar-refractivity contribution is 0.127. The van der Waals surface area contributed by atoms with Crippen molar-refractivity contribution in [2.24, 2.45) is 0 Å². The van der Waals surface area contributed by atoms with Crippen LogP contribution < -0.4 is 4.74 Å². The molecule has 1 aliphatic heterocycles. The molecule has 0 amide bonds. The Balaban J connectivity index is 1.42. The molecular weight excluding hydrogens is 350 g/mol. The normalized spacial score (nSPS) is 17.5. The van der Waals surface area contributed by atoms with E-state index < -0.39 is 0 Å². The minimum Gasteiger partial charge on any atom is -0.496 e. The van der Waals surface area contributed by atoms with Gasteiger partial charge in [-0.2, -0.15) is 5.10 Å². The first-order valence-corrected chi connectivity index (χ1v) is 9.99. The molecule has 28 heavy (non-hydrogen) atoms. The summed E-state index contributed by atoms with van der Waals surface area (Å²) in [5, 5.41) is 4.33. The van der Waals surface area contributed by atoms with Crippen LogP contribution in [0.15, 0.2) is 55.1 Å². The van der Waals surface area contributed by atoms with E-state index in [1.807, 2.05) is 59.8 Å². The van der Waals surface area contributed by atoms with Crippen molar-refractivity contribution in [1.29, 1.82) is 0 Å². The van der Waals surface area contributed by atoms with Crippen LogP contribution in [0.2, 0.25) is 0 Å². The fourth-order valence-corrected chi connectivity index (χ4v) is 3.95. The van der Waals surface area contributed by atoms with Crippen molar-refractivity contribution in [1.82, 2.24) is 24.6 Å². The van der Waals surface area contributed by atoms with Crippen LogP contribution in [0.25, 0.3) is 11.4 Å². The van der Waals surface area contributed by atoms with Gasteiger partial charge in [0, 0.05) is 49.5 Å². The van der Waals surface area contributed by atoms with E-state index in [0.29, 0.717) is 11.9 Å². The van der Waals surface area contributed by atoms with Crippen LogP contribution in [0.5, 0.6) is 5.75 Å². The van der Waals surface area contributed by atoms with Crippen LogP contribution in [-0.4, -0.2) is 44.3 Å². The number of ether oxygens (including phenoxy) is 1. The third kappa shape index (κ3) is 4.39. The lowest BCUT2D eigenvalue weighted by Crippen LogP contribution is -2.39. The minimum absolute atomic E-state index is 0.590. The Morgan fingerprint density at radius 1 is 1.11 bits per heavy atom. The second kappa shape index (κ2) is 8.97. The molecule has 0 spiro atoms. The second-order valence-corrected chi connectivity index (χ2v) is 7.29. The summed E-state index contributed by atoms with van der Waals surface area (Å²) in [6, 6.07) is 10.4. The molecule has 4 rings (SSSR count). The van der Waals surface area contributed by atoms with E-state index in [9.17, 15) is 0 Å². The Hall–Kier alpha value is -2.73. The van der Waals surface area contributed by atoms with Crippen molar-refractivity contribution < 1.29 is 4.74 Å². The molecule has 3 heterocycles. The monoisotopic (exact) mass is 377 g/mol. The number of para-hydroxylation sites is 1. The first-order valence-electron chi connectivity index (χ1n) is 9.99. The molecule has 0 N–H and O–H groups in total. The highest BCUT2D eigenvalue weighted by Gasteiger charge is 2.22. The summed E-state index contributed by atoms with van der Waals surface area (Å²) < 4.78 is 7.45. The predicted molar refractivity (Wildman–Crippen MR) is 109 cm³/mol. The fourth-order valence-electron chi connectivity index (χ4n) is 3.95. The van der Waals surface area contributed by atoms with Gasteiger partial charge < -0.3 is 4.74 Å². The third-order valence-electron chi connectivity index (χ3n) is 5.44. The van der Waals surface area contributed by atoms with Crippen molar-refractivity contribution in [2.45, 2.75) is 44.8 Å². The van der Waals surface area contributed by atoms with Crippen LogP contribution in [0.4, 0.5) is 0 Å². The number of hydrogen-bond donors (Lipinski definition) is 0. The van der Waals surface area contributed by atoms with Gasteiger partial charge in [0.05, 0.1) is 12.7 Å². The van der Waals surface area contributed by atoms with Crippen LogP contribution in [-0.2, 0) is 13.1 Å². The van der Waals surface area contributed by atoms with E-state index in [4.69, 9.17) is 4.74 Å². The summed E-state index contributed by atoms with van der Waals surface area (Å²) in [6.07, 6.45) is 12.7. The number of aryl methyl sites for hydroxylation is 1. The van der Waals surface area contributed by atoms with Gasteiger partial charge in [-0.05, 0) is 44.0 Å². The van der Waals surface area contributed by atoms with Crippen molar-refractivity contribution >= 4 is 0 Å². The molecule has 1 atom stereocenters. The van der Waals surface area contributed by atoms with Crippen LogP contribution in [0.3, 0.4) is 0 Å². The van der Waals surface area contributed by atoms with E-state index in [0.717, 1.165) is 42.9 Å². The first-order chi connectivity index (χ1) is 13.8. The molecule has 1 aliphatic rings. The van der Waals surface area contributed by atoms with Crippen molar-refractivity contribution in [2.75, 3.05) is 13.7 Å². The second-order valence-electron chi connectivity index (χ2n) is 7.29. The van der Waals surface area contributed by atoms with Gasteiger partial charge in [0.1, 0.15) is 5.75 Å². The molecular formula is C22H27N5O. The Bertz CT molecular complexity index is 863. The van der Waals surface area contributed by atoms with E-state index in [-0.39, 0.29) is 0 Å². The highest BCUT2D eigenvalue weighted by molar-refractivity contribution is 5.63. The van der Waals surface area contributed by atoms with E-state index in [2.05, 4.69) is 20.0 Å². The topological polar surface area (TPSA) is 56.1 Å². The first kappa shape index (κ1) is 18.6. The summed E-state index contributed by atoms with van der Waals surface area (Å²) in [4.78, 5) is 11.8. The molecule has 0 bridgehead atoms. The lowest BCUT2D eigenvalue weighted by Gasteiger charge is -2.35. The Kier molecular flexibility index (Phi) is 5.97. The maximum absolute atomic E-state index is 5.43. The van der Waals surface area contributed by atoms with Gasteiger partial charge in [-0.1, -0.05) is 18.6 Å². The van der Waals surface area contributed by atoms with Crippen molar-refractivity contribution in [3.63, 3.8) is 0 Å². The maximum atomic E-state index is 5.43. The van der Waals surface area contributed by atoms with Gasteiger partial charge in [0.2, 0.25) is 0 Å². The molecule has 3 aromatic rings. The molecule has 6 nitrogen and oxygen atoms in total. The maximum Gasteiger partial charge on any atom is 0.162 e. The summed E-state index contributed by atoms with van der Waals surface area (Å²) >= 11 is 0. The van der Waals surface area contributed by atoms with Gasteiger partial charge in [-0.15, -0.1) is 0 Å². The predicted octanol–water partition coefficient (Wildman–Crippen LogP) is 3.79. The lowest BCUT2D eigenvalue weighted by atomic mass is 9.99. The number of piperidine rings is 1. The fraction of sp³-hybridized carbons (Fsp3) is 0.409. The number of hydrogen-bond acceptors (Lipinski definition) is 5. The van der Waals surface area contributed by atoms with Gasteiger partial charge in [0.15, 0.2) is 5.82 Å². The van der Waals surface area contributed by atoms with Gasteiger partial charge in [-0.25, -0.2) is 9.97 Å². The Morgan fingerprint density at radius 3 is 2.75 bits per heavy atom.